The summed E-state index contributed by atoms with van der Waals surface area (Å²) >= 11 is 0. The molecular formula is C22H26F3N7O3. The van der Waals surface area contributed by atoms with Gasteiger partial charge in [0, 0.05) is 36.9 Å². The van der Waals surface area contributed by atoms with Crippen LogP contribution in [0.1, 0.15) is 52.9 Å². The van der Waals surface area contributed by atoms with Crippen LogP contribution in [0.15, 0.2) is 35.6 Å². The number of benzene rings is 1. The van der Waals surface area contributed by atoms with Crippen molar-refractivity contribution in [2.45, 2.75) is 43.9 Å². The lowest BCUT2D eigenvalue weighted by Crippen LogP contribution is -2.53. The van der Waals surface area contributed by atoms with E-state index in [9.17, 15) is 22.8 Å². The van der Waals surface area contributed by atoms with Gasteiger partial charge in [-0.3, -0.25) is 4.90 Å². The molecule has 188 valence electrons. The summed E-state index contributed by atoms with van der Waals surface area (Å²) in [6.07, 6.45) is -0.0316. The first-order valence-electron chi connectivity index (χ1n) is 11.1. The van der Waals surface area contributed by atoms with E-state index < -0.39 is 23.7 Å². The summed E-state index contributed by atoms with van der Waals surface area (Å²) in [7, 11) is 0. The van der Waals surface area contributed by atoms with Gasteiger partial charge < -0.3 is 21.6 Å². The molecule has 10 nitrogen and oxygen atoms in total. The van der Waals surface area contributed by atoms with Crippen LogP contribution in [0.2, 0.25) is 0 Å². The van der Waals surface area contributed by atoms with Gasteiger partial charge in [-0.15, -0.1) is 0 Å². The van der Waals surface area contributed by atoms with Gasteiger partial charge in [0.25, 0.3) is 0 Å². The molecule has 2 fully saturated rings. The SMILES string of the molecule is NN=C(N)c1cc(C(F)(F)F)ccc1CN1CCCC12CCN(C(=O)n1ccc(C(=O)O)n1)CC2. The third-order valence-corrected chi connectivity index (χ3v) is 6.92. The number of carboxylic acids is 1. The lowest BCUT2D eigenvalue weighted by Gasteiger charge is -2.45. The van der Waals surface area contributed by atoms with Crippen LogP contribution in [0.5, 0.6) is 0 Å². The van der Waals surface area contributed by atoms with Crippen LogP contribution < -0.4 is 11.6 Å². The van der Waals surface area contributed by atoms with Crippen molar-refractivity contribution in [1.29, 1.82) is 0 Å². The number of piperidine rings is 1. The molecule has 1 spiro atoms. The van der Waals surface area contributed by atoms with Crippen LogP contribution >= 0.6 is 0 Å². The Hall–Kier alpha value is -3.61. The number of alkyl halides is 3. The zero-order valence-corrected chi connectivity index (χ0v) is 18.8. The molecule has 1 aromatic carbocycles. The third-order valence-electron chi connectivity index (χ3n) is 6.92. The quantitative estimate of drug-likeness (QED) is 0.257. The zero-order valence-electron chi connectivity index (χ0n) is 18.8. The number of carboxylic acid groups (broad SMARTS) is 1. The molecule has 0 saturated carbocycles. The van der Waals surface area contributed by atoms with E-state index in [2.05, 4.69) is 15.1 Å². The Morgan fingerprint density at radius 1 is 1.14 bits per heavy atom. The van der Waals surface area contributed by atoms with E-state index in [-0.39, 0.29) is 22.6 Å². The Balaban J connectivity index is 1.49. The van der Waals surface area contributed by atoms with Gasteiger partial charge in [-0.05, 0) is 56.0 Å². The first-order valence-corrected chi connectivity index (χ1v) is 11.1. The number of carbonyl (C=O) groups excluding carboxylic acids is 1. The van der Waals surface area contributed by atoms with Crippen molar-refractivity contribution in [3.63, 3.8) is 0 Å². The van der Waals surface area contributed by atoms with Crippen LogP contribution in [0.3, 0.4) is 0 Å². The number of aromatic nitrogens is 2. The van der Waals surface area contributed by atoms with Crippen molar-refractivity contribution in [3.8, 4) is 0 Å². The molecule has 2 saturated heterocycles. The Bertz CT molecular complexity index is 1150. The molecule has 0 unspecified atom stereocenters. The predicted octanol–water partition coefficient (Wildman–Crippen LogP) is 2.28. The van der Waals surface area contributed by atoms with Crippen molar-refractivity contribution >= 4 is 17.8 Å². The summed E-state index contributed by atoms with van der Waals surface area (Å²) in [4.78, 5) is 27.7. The second-order valence-corrected chi connectivity index (χ2v) is 8.85. The summed E-state index contributed by atoms with van der Waals surface area (Å²) < 4.78 is 40.7. The predicted molar refractivity (Wildman–Crippen MR) is 120 cm³/mol. The highest BCUT2D eigenvalue weighted by Crippen LogP contribution is 2.40. The molecule has 3 heterocycles. The fourth-order valence-corrected chi connectivity index (χ4v) is 5.02. The molecule has 1 amide bonds. The minimum Gasteiger partial charge on any atom is -0.476 e. The normalized spacial score (nSPS) is 18.8. The van der Waals surface area contributed by atoms with E-state index >= 15 is 0 Å². The van der Waals surface area contributed by atoms with Crippen LogP contribution in [0.25, 0.3) is 0 Å². The highest BCUT2D eigenvalue weighted by atomic mass is 19.4. The molecule has 2 aliphatic heterocycles. The fourth-order valence-electron chi connectivity index (χ4n) is 5.02. The molecule has 35 heavy (non-hydrogen) atoms. The molecule has 5 N–H and O–H groups in total. The highest BCUT2D eigenvalue weighted by molar-refractivity contribution is 5.98. The standard InChI is InChI=1S/C22H26F3N7O3/c23-22(24,25)15-3-2-14(16(12-15)18(26)28-27)13-31-8-1-5-21(31)6-10-30(11-7-21)20(35)32-9-4-17(29-32)19(33)34/h2-4,9,12H,1,5-8,10-11,13,27H2,(H2,26,28)(H,33,34). The Morgan fingerprint density at radius 2 is 1.86 bits per heavy atom. The van der Waals surface area contributed by atoms with Gasteiger partial charge >= 0.3 is 18.2 Å². The highest BCUT2D eigenvalue weighted by Gasteiger charge is 2.44. The number of rotatable bonds is 4. The van der Waals surface area contributed by atoms with Gasteiger partial charge in [0.15, 0.2) is 11.5 Å². The molecule has 4 rings (SSSR count). The second kappa shape index (κ2) is 9.21. The van der Waals surface area contributed by atoms with Crippen molar-refractivity contribution in [2.75, 3.05) is 19.6 Å². The first kappa shape index (κ1) is 24.5. The number of hydrogen-bond acceptors (Lipinski definition) is 6. The van der Waals surface area contributed by atoms with E-state index in [4.69, 9.17) is 16.7 Å². The van der Waals surface area contributed by atoms with Gasteiger partial charge in [0.05, 0.1) is 5.56 Å². The van der Waals surface area contributed by atoms with Crippen LogP contribution in [-0.2, 0) is 12.7 Å². The number of nitrogens with zero attached hydrogens (tertiary/aromatic N) is 5. The number of nitrogens with two attached hydrogens (primary N) is 2. The second-order valence-electron chi connectivity index (χ2n) is 8.85. The van der Waals surface area contributed by atoms with Crippen molar-refractivity contribution in [3.05, 3.63) is 52.8 Å². The summed E-state index contributed by atoms with van der Waals surface area (Å²) in [5, 5.41) is 16.2. The summed E-state index contributed by atoms with van der Waals surface area (Å²) in [5.74, 6) is 3.90. The lowest BCUT2D eigenvalue weighted by atomic mass is 9.84. The number of carbonyl (C=O) groups is 2. The van der Waals surface area contributed by atoms with E-state index in [0.717, 1.165) is 36.2 Å². The average Bonchev–Trinajstić information content (AvgIpc) is 3.46. The van der Waals surface area contributed by atoms with Gasteiger partial charge in [-0.2, -0.15) is 28.1 Å². The number of hydrazone groups is 1. The zero-order chi connectivity index (χ0) is 25.4. The minimum atomic E-state index is -4.52. The number of amidine groups is 1. The third kappa shape index (κ3) is 4.81. The molecule has 2 aliphatic rings. The fraction of sp³-hybridized carbons (Fsp3) is 0.455. The average molecular weight is 493 g/mol. The molecule has 0 bridgehead atoms. The van der Waals surface area contributed by atoms with Gasteiger partial charge in [0.1, 0.15) is 0 Å². The number of aromatic carboxylic acids is 1. The van der Waals surface area contributed by atoms with Gasteiger partial charge in [0.2, 0.25) is 0 Å². The number of hydrogen-bond donors (Lipinski definition) is 3. The number of likely N-dealkylation sites (tertiary alicyclic amines) is 2. The Labute approximate surface area is 199 Å². The molecule has 0 atom stereocenters. The van der Waals surface area contributed by atoms with E-state index in [0.29, 0.717) is 38.0 Å². The van der Waals surface area contributed by atoms with Crippen molar-refractivity contribution < 1.29 is 27.9 Å². The van der Waals surface area contributed by atoms with Gasteiger partial charge in [-0.25, -0.2) is 9.59 Å². The van der Waals surface area contributed by atoms with Crippen LogP contribution in [0.4, 0.5) is 18.0 Å². The van der Waals surface area contributed by atoms with Crippen LogP contribution in [-0.4, -0.2) is 67.7 Å². The number of amides is 1. The first-order chi connectivity index (χ1) is 16.5. The lowest BCUT2D eigenvalue weighted by molar-refractivity contribution is -0.137. The topological polar surface area (TPSA) is 143 Å². The summed E-state index contributed by atoms with van der Waals surface area (Å²) in [5.41, 5.74) is 5.35. The molecule has 0 radical (unpaired) electrons. The Kier molecular flexibility index (Phi) is 6.45. The van der Waals surface area contributed by atoms with E-state index in [1.165, 1.54) is 18.3 Å². The van der Waals surface area contributed by atoms with E-state index in [1.54, 1.807) is 4.90 Å². The monoisotopic (exact) mass is 493 g/mol. The van der Waals surface area contributed by atoms with Crippen molar-refractivity contribution in [1.82, 2.24) is 19.6 Å². The van der Waals surface area contributed by atoms with E-state index in [1.807, 2.05) is 0 Å². The molecular weight excluding hydrogens is 467 g/mol. The molecule has 13 heteroatoms. The van der Waals surface area contributed by atoms with Crippen LogP contribution in [0, 0.1) is 0 Å². The van der Waals surface area contributed by atoms with Crippen molar-refractivity contribution in [2.24, 2.45) is 16.7 Å². The maximum absolute atomic E-state index is 13.2. The molecule has 2 aromatic rings. The summed E-state index contributed by atoms with van der Waals surface area (Å²) in [6.45, 7) is 2.03. The van der Waals surface area contributed by atoms with Gasteiger partial charge in [-0.1, -0.05) is 6.07 Å². The maximum atomic E-state index is 13.2. The number of halogens is 3. The summed E-state index contributed by atoms with van der Waals surface area (Å²) in [6, 6.07) is 4.29. The molecule has 1 aromatic heterocycles. The Morgan fingerprint density at radius 3 is 2.46 bits per heavy atom. The smallest absolute Gasteiger partial charge is 0.416 e. The minimum absolute atomic E-state index is 0.157. The maximum Gasteiger partial charge on any atom is 0.416 e. The largest absolute Gasteiger partial charge is 0.476 e. The molecule has 0 aliphatic carbocycles.